The predicted molar refractivity (Wildman–Crippen MR) is 101 cm³/mol. The molecule has 2 aromatic rings. The molecule has 26 heavy (non-hydrogen) atoms. The number of carbonyl (C=O) groups excluding carboxylic acids is 1. The third-order valence-corrected chi connectivity index (χ3v) is 6.39. The third kappa shape index (κ3) is 3.75. The second-order valence-electron chi connectivity index (χ2n) is 7.73. The van der Waals surface area contributed by atoms with Crippen molar-refractivity contribution in [1.29, 1.82) is 0 Å². The quantitative estimate of drug-likeness (QED) is 0.797. The van der Waals surface area contributed by atoms with Crippen LogP contribution in [-0.4, -0.2) is 58.1 Å². The van der Waals surface area contributed by atoms with E-state index in [0.717, 1.165) is 11.0 Å². The summed E-state index contributed by atoms with van der Waals surface area (Å²) in [5, 5.41) is 5.15. The molecule has 3 heterocycles. The molecular formula is C18H26N4O3S. The Kier molecular flexibility index (Phi) is 5.05. The fourth-order valence-corrected chi connectivity index (χ4v) is 5.14. The molecule has 0 saturated carbocycles. The van der Waals surface area contributed by atoms with Gasteiger partial charge in [0.15, 0.2) is 15.5 Å². The molecule has 7 nitrogen and oxygen atoms in total. The van der Waals surface area contributed by atoms with Crippen LogP contribution in [0.25, 0.3) is 11.0 Å². The number of fused-ring (bicyclic) bond motifs is 1. The normalized spacial score (nSPS) is 19.5. The van der Waals surface area contributed by atoms with Gasteiger partial charge in [0.05, 0.1) is 23.3 Å². The summed E-state index contributed by atoms with van der Waals surface area (Å²) >= 11 is 0. The van der Waals surface area contributed by atoms with Crippen LogP contribution >= 0.6 is 0 Å². The average Bonchev–Trinajstić information content (AvgIpc) is 3.14. The van der Waals surface area contributed by atoms with Gasteiger partial charge in [-0.3, -0.25) is 4.79 Å². The topological polar surface area (TPSA) is 85.2 Å². The van der Waals surface area contributed by atoms with Crippen molar-refractivity contribution < 1.29 is 13.2 Å². The highest BCUT2D eigenvalue weighted by Crippen LogP contribution is 2.23. The maximum Gasteiger partial charge on any atom is 0.255 e. The van der Waals surface area contributed by atoms with Crippen LogP contribution in [0.1, 0.15) is 50.5 Å². The number of amides is 1. The summed E-state index contributed by atoms with van der Waals surface area (Å²) in [5.41, 5.74) is 1.22. The number of pyridine rings is 1. The maximum absolute atomic E-state index is 13.1. The zero-order valence-electron chi connectivity index (χ0n) is 15.7. The Bertz CT molecular complexity index is 918. The summed E-state index contributed by atoms with van der Waals surface area (Å²) in [4.78, 5) is 19.3. The first-order valence-electron chi connectivity index (χ1n) is 9.02. The van der Waals surface area contributed by atoms with Crippen LogP contribution in [-0.2, 0) is 9.84 Å². The zero-order valence-corrected chi connectivity index (χ0v) is 16.5. The summed E-state index contributed by atoms with van der Waals surface area (Å²) in [6.45, 7) is 8.63. The number of nitrogens with zero attached hydrogens (tertiary/aromatic N) is 4. The Morgan fingerprint density at radius 2 is 2.04 bits per heavy atom. The van der Waals surface area contributed by atoms with Crippen molar-refractivity contribution in [1.82, 2.24) is 19.7 Å². The molecule has 0 spiro atoms. The molecule has 1 aliphatic rings. The van der Waals surface area contributed by atoms with E-state index >= 15 is 0 Å². The molecule has 0 radical (unpaired) electrons. The molecule has 1 amide bonds. The summed E-state index contributed by atoms with van der Waals surface area (Å²) in [6.07, 6.45) is 3.79. The van der Waals surface area contributed by atoms with Gasteiger partial charge in [-0.1, -0.05) is 13.8 Å². The maximum atomic E-state index is 13.1. The highest BCUT2D eigenvalue weighted by molar-refractivity contribution is 7.91. The van der Waals surface area contributed by atoms with Gasteiger partial charge in [0.1, 0.15) is 0 Å². The Balaban J connectivity index is 1.92. The van der Waals surface area contributed by atoms with Crippen molar-refractivity contribution >= 4 is 26.8 Å². The van der Waals surface area contributed by atoms with Gasteiger partial charge in [-0.05, 0) is 32.3 Å². The van der Waals surface area contributed by atoms with E-state index in [-0.39, 0.29) is 35.4 Å². The van der Waals surface area contributed by atoms with Crippen molar-refractivity contribution in [2.45, 2.75) is 46.2 Å². The van der Waals surface area contributed by atoms with E-state index in [1.165, 1.54) is 0 Å². The average molecular weight is 378 g/mol. The molecular weight excluding hydrogens is 352 g/mol. The zero-order chi connectivity index (χ0) is 19.1. The molecule has 1 saturated heterocycles. The lowest BCUT2D eigenvalue weighted by molar-refractivity contribution is 0.0672. The minimum Gasteiger partial charge on any atom is -0.334 e. The van der Waals surface area contributed by atoms with Gasteiger partial charge < -0.3 is 4.90 Å². The van der Waals surface area contributed by atoms with Crippen molar-refractivity contribution in [3.8, 4) is 0 Å². The van der Waals surface area contributed by atoms with E-state index in [9.17, 15) is 13.2 Å². The largest absolute Gasteiger partial charge is 0.334 e. The third-order valence-electron chi connectivity index (χ3n) is 4.64. The van der Waals surface area contributed by atoms with Gasteiger partial charge in [0.25, 0.3) is 5.91 Å². The van der Waals surface area contributed by atoms with Crippen LogP contribution in [0.15, 0.2) is 18.5 Å². The summed E-state index contributed by atoms with van der Waals surface area (Å²) in [7, 11) is -3.06. The van der Waals surface area contributed by atoms with E-state index in [2.05, 4.69) is 10.1 Å². The van der Waals surface area contributed by atoms with E-state index < -0.39 is 9.84 Å². The van der Waals surface area contributed by atoms with Gasteiger partial charge >= 0.3 is 0 Å². The van der Waals surface area contributed by atoms with Crippen molar-refractivity contribution in [3.63, 3.8) is 0 Å². The highest BCUT2D eigenvalue weighted by atomic mass is 32.2. The molecule has 8 heteroatoms. The van der Waals surface area contributed by atoms with Crippen LogP contribution < -0.4 is 0 Å². The Labute approximate surface area is 154 Å². The second-order valence-corrected chi connectivity index (χ2v) is 9.96. The molecule has 1 aliphatic heterocycles. The monoisotopic (exact) mass is 378 g/mol. The molecule has 142 valence electrons. The molecule has 1 atom stereocenters. The molecule has 0 aliphatic carbocycles. The van der Waals surface area contributed by atoms with E-state index in [1.54, 1.807) is 23.4 Å². The molecule has 0 N–H and O–H groups in total. The second kappa shape index (κ2) is 6.98. The predicted octanol–water partition coefficient (Wildman–Crippen LogP) is 2.30. The number of sulfone groups is 1. The minimum absolute atomic E-state index is 0.0480. The van der Waals surface area contributed by atoms with E-state index in [4.69, 9.17) is 0 Å². The fourth-order valence-electron chi connectivity index (χ4n) is 3.41. The van der Waals surface area contributed by atoms with Crippen molar-refractivity contribution in [3.05, 3.63) is 24.0 Å². The van der Waals surface area contributed by atoms with Gasteiger partial charge in [0, 0.05) is 30.2 Å². The SMILES string of the molecule is CC(C)CN(C(=O)c1cnc2c(cnn2C(C)C)c1)[C@H]1CCS(=O)(=O)C1. The molecule has 1 fully saturated rings. The Hall–Kier alpha value is -1.96. The first-order chi connectivity index (χ1) is 12.2. The van der Waals surface area contributed by atoms with Gasteiger partial charge in [-0.25, -0.2) is 18.1 Å². The fraction of sp³-hybridized carbons (Fsp3) is 0.611. The van der Waals surface area contributed by atoms with E-state index in [1.807, 2.05) is 32.4 Å². The van der Waals surface area contributed by atoms with Crippen molar-refractivity contribution in [2.24, 2.45) is 5.92 Å². The van der Waals surface area contributed by atoms with Crippen molar-refractivity contribution in [2.75, 3.05) is 18.1 Å². The van der Waals surface area contributed by atoms with Gasteiger partial charge in [-0.15, -0.1) is 0 Å². The first-order valence-corrected chi connectivity index (χ1v) is 10.8. The van der Waals surface area contributed by atoms with E-state index in [0.29, 0.717) is 18.5 Å². The Morgan fingerprint density at radius 3 is 2.62 bits per heavy atom. The van der Waals surface area contributed by atoms with Crippen LogP contribution in [0.4, 0.5) is 0 Å². The summed E-state index contributed by atoms with van der Waals surface area (Å²) in [5.74, 6) is 0.292. The molecule has 0 bridgehead atoms. The van der Waals surface area contributed by atoms with Crippen LogP contribution in [0.5, 0.6) is 0 Å². The number of hydrogen-bond donors (Lipinski definition) is 0. The molecule has 3 rings (SSSR count). The lowest BCUT2D eigenvalue weighted by Gasteiger charge is -2.30. The summed E-state index contributed by atoms with van der Waals surface area (Å²) < 4.78 is 25.6. The smallest absolute Gasteiger partial charge is 0.255 e. The molecule has 2 aromatic heterocycles. The minimum atomic E-state index is -3.06. The Morgan fingerprint density at radius 1 is 1.31 bits per heavy atom. The van der Waals surface area contributed by atoms with Gasteiger partial charge in [0.2, 0.25) is 0 Å². The van der Waals surface area contributed by atoms with Gasteiger partial charge in [-0.2, -0.15) is 5.10 Å². The lowest BCUT2D eigenvalue weighted by atomic mass is 10.1. The van der Waals surface area contributed by atoms with Crippen LogP contribution in [0.3, 0.4) is 0 Å². The standard InChI is InChI=1S/C18H26N4O3S/c1-12(2)10-21(16-5-6-26(24,25)11-16)18(23)15-7-14-9-20-22(13(3)4)17(14)19-8-15/h7-9,12-13,16H,5-6,10-11H2,1-4H3/t16-/m0/s1. The first kappa shape index (κ1) is 18.8. The van der Waals surface area contributed by atoms with Crippen LogP contribution in [0.2, 0.25) is 0 Å². The molecule has 0 unspecified atom stereocenters. The number of carbonyl (C=O) groups is 1. The summed E-state index contributed by atoms with van der Waals surface area (Å²) in [6, 6.07) is 1.72. The number of aromatic nitrogens is 3. The number of hydrogen-bond acceptors (Lipinski definition) is 5. The van der Waals surface area contributed by atoms with Crippen LogP contribution in [0, 0.1) is 5.92 Å². The highest BCUT2D eigenvalue weighted by Gasteiger charge is 2.35. The lowest BCUT2D eigenvalue weighted by Crippen LogP contribution is -2.43. The number of rotatable bonds is 5. The molecule has 0 aromatic carbocycles.